The van der Waals surface area contributed by atoms with E-state index in [0.717, 1.165) is 5.56 Å². The van der Waals surface area contributed by atoms with Crippen LogP contribution in [0, 0.1) is 11.2 Å². The van der Waals surface area contributed by atoms with E-state index in [2.05, 4.69) is 20.9 Å². The number of guanidine groups is 1. The molecule has 0 spiro atoms. The highest BCUT2D eigenvalue weighted by atomic mass is 19.1. The summed E-state index contributed by atoms with van der Waals surface area (Å²) in [5, 5.41) is 9.13. The van der Waals surface area contributed by atoms with Crippen LogP contribution >= 0.6 is 0 Å². The van der Waals surface area contributed by atoms with Crippen molar-refractivity contribution in [3.05, 3.63) is 35.6 Å². The highest BCUT2D eigenvalue weighted by molar-refractivity contribution is 5.83. The summed E-state index contributed by atoms with van der Waals surface area (Å²) in [4.78, 5) is 16.4. The van der Waals surface area contributed by atoms with Crippen LogP contribution in [0.15, 0.2) is 29.3 Å². The molecule has 0 unspecified atom stereocenters. The fraction of sp³-hybridized carbons (Fsp3) is 0.579. The standard InChI is InChI=1S/C19H31FN4O/c1-7-22-17(24-13-19(4,5)16(25)21-6)23-12-18(2,3)14-9-8-10-15(20)11-14/h8-11H,7,12-13H2,1-6H3,(H,21,25)(H2,22,23,24). The van der Waals surface area contributed by atoms with E-state index in [-0.39, 0.29) is 17.1 Å². The number of carbonyl (C=O) groups excluding carboxylic acids is 1. The quantitative estimate of drug-likeness (QED) is 0.523. The molecule has 0 saturated carbocycles. The van der Waals surface area contributed by atoms with E-state index in [1.807, 2.05) is 40.7 Å². The third-order valence-corrected chi connectivity index (χ3v) is 4.12. The summed E-state index contributed by atoms with van der Waals surface area (Å²) in [5.41, 5.74) is 0.0607. The van der Waals surface area contributed by atoms with Crippen LogP contribution in [0.4, 0.5) is 4.39 Å². The molecule has 1 amide bonds. The minimum absolute atomic E-state index is 0.0489. The van der Waals surface area contributed by atoms with Crippen LogP contribution in [-0.4, -0.2) is 38.5 Å². The van der Waals surface area contributed by atoms with Gasteiger partial charge in [0.15, 0.2) is 5.96 Å². The third-order valence-electron chi connectivity index (χ3n) is 4.12. The van der Waals surface area contributed by atoms with Crippen molar-refractivity contribution >= 4 is 11.9 Å². The molecule has 0 aliphatic rings. The second-order valence-electron chi connectivity index (χ2n) is 7.41. The Bertz CT molecular complexity index is 611. The molecule has 0 radical (unpaired) electrons. The molecule has 0 aliphatic carbocycles. The number of hydrogen-bond acceptors (Lipinski definition) is 2. The molecular weight excluding hydrogens is 319 g/mol. The average molecular weight is 350 g/mol. The number of carbonyl (C=O) groups is 1. The Labute approximate surface area is 150 Å². The van der Waals surface area contributed by atoms with Crippen LogP contribution in [0.1, 0.15) is 40.2 Å². The van der Waals surface area contributed by atoms with Gasteiger partial charge in [-0.15, -0.1) is 0 Å². The molecule has 0 aliphatic heterocycles. The molecule has 5 nitrogen and oxygen atoms in total. The largest absolute Gasteiger partial charge is 0.359 e. The first kappa shape index (κ1) is 20.9. The van der Waals surface area contributed by atoms with Gasteiger partial charge >= 0.3 is 0 Å². The summed E-state index contributed by atoms with van der Waals surface area (Å²) in [6.45, 7) is 11.5. The van der Waals surface area contributed by atoms with Gasteiger partial charge in [0, 0.05) is 25.6 Å². The predicted molar refractivity (Wildman–Crippen MR) is 101 cm³/mol. The Hall–Kier alpha value is -2.11. The Morgan fingerprint density at radius 3 is 2.44 bits per heavy atom. The van der Waals surface area contributed by atoms with E-state index in [1.165, 1.54) is 6.07 Å². The highest BCUT2D eigenvalue weighted by Crippen LogP contribution is 2.23. The lowest BCUT2D eigenvalue weighted by molar-refractivity contribution is -0.128. The van der Waals surface area contributed by atoms with Gasteiger partial charge < -0.3 is 16.0 Å². The normalized spacial score (nSPS) is 12.7. The van der Waals surface area contributed by atoms with Gasteiger partial charge in [-0.05, 0) is 38.5 Å². The maximum absolute atomic E-state index is 13.5. The van der Waals surface area contributed by atoms with Crippen LogP contribution in [0.2, 0.25) is 0 Å². The molecule has 0 heterocycles. The van der Waals surface area contributed by atoms with Crippen molar-refractivity contribution in [1.82, 2.24) is 16.0 Å². The van der Waals surface area contributed by atoms with Crippen molar-refractivity contribution in [3.8, 4) is 0 Å². The number of benzene rings is 1. The topological polar surface area (TPSA) is 65.5 Å². The third kappa shape index (κ3) is 6.36. The Morgan fingerprint density at radius 2 is 1.88 bits per heavy atom. The van der Waals surface area contributed by atoms with E-state index in [9.17, 15) is 9.18 Å². The molecule has 3 N–H and O–H groups in total. The molecule has 25 heavy (non-hydrogen) atoms. The van der Waals surface area contributed by atoms with E-state index in [0.29, 0.717) is 25.6 Å². The van der Waals surface area contributed by atoms with Gasteiger partial charge in [0.2, 0.25) is 5.91 Å². The minimum Gasteiger partial charge on any atom is -0.359 e. The summed E-state index contributed by atoms with van der Waals surface area (Å²) < 4.78 is 13.5. The number of amides is 1. The number of hydrogen-bond donors (Lipinski definition) is 3. The van der Waals surface area contributed by atoms with E-state index in [4.69, 9.17) is 0 Å². The predicted octanol–water partition coefficient (Wildman–Crippen LogP) is 2.43. The van der Waals surface area contributed by atoms with Crippen molar-refractivity contribution in [2.45, 2.75) is 40.0 Å². The zero-order chi connectivity index (χ0) is 19.1. The van der Waals surface area contributed by atoms with Crippen molar-refractivity contribution in [1.29, 1.82) is 0 Å². The first-order valence-corrected chi connectivity index (χ1v) is 8.63. The molecule has 1 aromatic carbocycles. The summed E-state index contributed by atoms with van der Waals surface area (Å²) in [6.07, 6.45) is 0. The van der Waals surface area contributed by atoms with Crippen LogP contribution < -0.4 is 16.0 Å². The van der Waals surface area contributed by atoms with Crippen molar-refractivity contribution in [3.63, 3.8) is 0 Å². The monoisotopic (exact) mass is 350 g/mol. The second kappa shape index (κ2) is 8.83. The average Bonchev–Trinajstić information content (AvgIpc) is 2.56. The fourth-order valence-corrected chi connectivity index (χ4v) is 2.34. The number of halogens is 1. The van der Waals surface area contributed by atoms with Crippen LogP contribution in [0.3, 0.4) is 0 Å². The zero-order valence-electron chi connectivity index (χ0n) is 16.2. The van der Waals surface area contributed by atoms with Crippen LogP contribution in [-0.2, 0) is 10.2 Å². The van der Waals surface area contributed by atoms with Crippen LogP contribution in [0.25, 0.3) is 0 Å². The zero-order valence-corrected chi connectivity index (χ0v) is 16.2. The van der Waals surface area contributed by atoms with Crippen molar-refractivity contribution in [2.75, 3.05) is 26.7 Å². The van der Waals surface area contributed by atoms with Gasteiger partial charge in [-0.3, -0.25) is 9.79 Å². The van der Waals surface area contributed by atoms with Crippen LogP contribution in [0.5, 0.6) is 0 Å². The van der Waals surface area contributed by atoms with Crippen molar-refractivity contribution in [2.24, 2.45) is 10.4 Å². The number of nitrogens with zero attached hydrogens (tertiary/aromatic N) is 1. The molecule has 140 valence electrons. The Morgan fingerprint density at radius 1 is 1.20 bits per heavy atom. The highest BCUT2D eigenvalue weighted by Gasteiger charge is 2.27. The number of aliphatic imine (C=N–C) groups is 1. The van der Waals surface area contributed by atoms with Gasteiger partial charge in [0.25, 0.3) is 0 Å². The molecule has 0 bridgehead atoms. The summed E-state index contributed by atoms with van der Waals surface area (Å²) in [6, 6.07) is 6.64. The first-order valence-electron chi connectivity index (χ1n) is 8.63. The summed E-state index contributed by atoms with van der Waals surface area (Å²) in [7, 11) is 1.62. The second-order valence-corrected chi connectivity index (χ2v) is 7.41. The lowest BCUT2D eigenvalue weighted by Gasteiger charge is -2.27. The van der Waals surface area contributed by atoms with Gasteiger partial charge in [0.1, 0.15) is 5.82 Å². The summed E-state index contributed by atoms with van der Waals surface area (Å²) >= 11 is 0. The Balaban J connectivity index is 2.81. The summed E-state index contributed by atoms with van der Waals surface area (Å²) in [5.74, 6) is 0.356. The minimum atomic E-state index is -0.588. The van der Waals surface area contributed by atoms with E-state index >= 15 is 0 Å². The lowest BCUT2D eigenvalue weighted by Crippen LogP contribution is -2.44. The maximum atomic E-state index is 13.5. The van der Waals surface area contributed by atoms with Gasteiger partial charge in [-0.1, -0.05) is 26.0 Å². The number of nitrogens with one attached hydrogen (secondary N) is 3. The Kier molecular flexibility index (Phi) is 7.39. The molecule has 0 aromatic heterocycles. The molecule has 0 atom stereocenters. The fourth-order valence-electron chi connectivity index (χ4n) is 2.34. The van der Waals surface area contributed by atoms with Gasteiger partial charge in [-0.2, -0.15) is 0 Å². The molecule has 1 aromatic rings. The molecular formula is C19H31FN4O. The lowest BCUT2D eigenvalue weighted by atomic mass is 9.84. The van der Waals surface area contributed by atoms with E-state index < -0.39 is 5.41 Å². The molecule has 6 heteroatoms. The van der Waals surface area contributed by atoms with Crippen molar-refractivity contribution < 1.29 is 9.18 Å². The van der Waals surface area contributed by atoms with Gasteiger partial charge in [0.05, 0.1) is 12.0 Å². The van der Waals surface area contributed by atoms with Gasteiger partial charge in [-0.25, -0.2) is 4.39 Å². The molecule has 0 fully saturated rings. The SMILES string of the molecule is CCNC(=NCC(C)(C)C(=O)NC)NCC(C)(C)c1cccc(F)c1. The smallest absolute Gasteiger partial charge is 0.227 e. The molecule has 0 saturated heterocycles. The first-order chi connectivity index (χ1) is 11.6. The molecule has 1 rings (SSSR count). The maximum Gasteiger partial charge on any atom is 0.227 e. The van der Waals surface area contributed by atoms with E-state index in [1.54, 1.807) is 19.2 Å². The number of rotatable bonds is 7.